The summed E-state index contributed by atoms with van der Waals surface area (Å²) in [4.78, 5) is 32.9. The van der Waals surface area contributed by atoms with Crippen molar-refractivity contribution in [2.45, 2.75) is 26.9 Å². The Morgan fingerprint density at radius 3 is 2.41 bits per heavy atom. The van der Waals surface area contributed by atoms with E-state index in [-0.39, 0.29) is 18.4 Å². The second-order valence-corrected chi connectivity index (χ2v) is 3.98. The monoisotopic (exact) mass is 241 g/mol. The number of amides is 1. The van der Waals surface area contributed by atoms with Gasteiger partial charge in [0.1, 0.15) is 12.4 Å². The van der Waals surface area contributed by atoms with E-state index >= 15 is 0 Å². The van der Waals surface area contributed by atoms with Gasteiger partial charge in [0, 0.05) is 5.92 Å². The molecule has 96 valence electrons. The molecule has 0 bridgehead atoms. The smallest absolute Gasteiger partial charge is 0.309 e. The summed E-state index contributed by atoms with van der Waals surface area (Å²) in [7, 11) is 0. The lowest BCUT2D eigenvalue weighted by Crippen LogP contribution is -2.34. The Morgan fingerprint density at radius 2 is 1.94 bits per heavy atom. The SMILES string of the molecule is C=CC(=O)NCC(C)OC(=O)C(C)C(C)C=O. The third-order valence-corrected chi connectivity index (χ3v) is 2.44. The van der Waals surface area contributed by atoms with Crippen LogP contribution >= 0.6 is 0 Å². The maximum absolute atomic E-state index is 11.6. The Hall–Kier alpha value is -1.65. The van der Waals surface area contributed by atoms with E-state index < -0.39 is 18.0 Å². The van der Waals surface area contributed by atoms with Gasteiger partial charge in [0.05, 0.1) is 12.5 Å². The standard InChI is InChI=1S/C12H19NO4/c1-5-11(15)13-6-9(3)17-12(16)10(4)8(2)7-14/h5,7-10H,1,6H2,2-4H3,(H,13,15). The third kappa shape index (κ3) is 5.85. The number of hydrogen-bond donors (Lipinski definition) is 1. The van der Waals surface area contributed by atoms with E-state index in [1.165, 1.54) is 0 Å². The van der Waals surface area contributed by atoms with Gasteiger partial charge in [-0.25, -0.2) is 0 Å². The quantitative estimate of drug-likeness (QED) is 0.404. The van der Waals surface area contributed by atoms with Crippen LogP contribution in [0.2, 0.25) is 0 Å². The van der Waals surface area contributed by atoms with E-state index in [0.717, 1.165) is 12.4 Å². The summed E-state index contributed by atoms with van der Waals surface area (Å²) < 4.78 is 5.08. The molecule has 5 heteroatoms. The van der Waals surface area contributed by atoms with Crippen LogP contribution in [0.15, 0.2) is 12.7 Å². The number of nitrogens with one attached hydrogen (secondary N) is 1. The zero-order valence-electron chi connectivity index (χ0n) is 10.4. The first-order valence-electron chi connectivity index (χ1n) is 5.48. The Labute approximate surface area is 101 Å². The first-order valence-corrected chi connectivity index (χ1v) is 5.48. The molecule has 0 radical (unpaired) electrons. The Balaban J connectivity index is 4.07. The normalized spacial score (nSPS) is 15.2. The predicted molar refractivity (Wildman–Crippen MR) is 63.2 cm³/mol. The lowest BCUT2D eigenvalue weighted by molar-refractivity contribution is -0.155. The fourth-order valence-corrected chi connectivity index (χ4v) is 0.996. The predicted octanol–water partition coefficient (Wildman–Crippen LogP) is 0.691. The molecular weight excluding hydrogens is 222 g/mol. The van der Waals surface area contributed by atoms with Gasteiger partial charge in [0.15, 0.2) is 0 Å². The van der Waals surface area contributed by atoms with Gasteiger partial charge in [-0.15, -0.1) is 0 Å². The minimum Gasteiger partial charge on any atom is -0.461 e. The lowest BCUT2D eigenvalue weighted by atomic mass is 9.98. The second kappa shape index (κ2) is 7.60. The van der Waals surface area contributed by atoms with E-state index in [9.17, 15) is 14.4 Å². The number of esters is 1. The van der Waals surface area contributed by atoms with Crippen LogP contribution in [0.3, 0.4) is 0 Å². The second-order valence-electron chi connectivity index (χ2n) is 3.98. The van der Waals surface area contributed by atoms with Crippen LogP contribution in [-0.4, -0.2) is 30.8 Å². The molecule has 3 unspecified atom stereocenters. The highest BCUT2D eigenvalue weighted by Gasteiger charge is 2.22. The third-order valence-electron chi connectivity index (χ3n) is 2.44. The van der Waals surface area contributed by atoms with Crippen LogP contribution in [0.4, 0.5) is 0 Å². The molecule has 5 nitrogen and oxygen atoms in total. The van der Waals surface area contributed by atoms with Crippen LogP contribution in [0.1, 0.15) is 20.8 Å². The van der Waals surface area contributed by atoms with Crippen molar-refractivity contribution in [3.8, 4) is 0 Å². The number of hydrogen-bond acceptors (Lipinski definition) is 4. The Morgan fingerprint density at radius 1 is 1.35 bits per heavy atom. The molecule has 0 spiro atoms. The van der Waals surface area contributed by atoms with Gasteiger partial charge in [-0.05, 0) is 13.0 Å². The highest BCUT2D eigenvalue weighted by molar-refractivity contribution is 5.86. The molecule has 0 aliphatic heterocycles. The number of carbonyl (C=O) groups excluding carboxylic acids is 3. The summed E-state index contributed by atoms with van der Waals surface area (Å²) in [5, 5.41) is 2.52. The van der Waals surface area contributed by atoms with Gasteiger partial charge in [0.25, 0.3) is 0 Å². The minimum atomic E-state index is -0.481. The molecule has 0 heterocycles. The summed E-state index contributed by atoms with van der Waals surface area (Å²) in [6.07, 6.45) is 1.43. The molecule has 0 aliphatic carbocycles. The van der Waals surface area contributed by atoms with E-state index in [0.29, 0.717) is 0 Å². The molecule has 1 amide bonds. The molecule has 0 aromatic heterocycles. The van der Waals surface area contributed by atoms with Gasteiger partial charge < -0.3 is 14.8 Å². The average Bonchev–Trinajstić information content (AvgIpc) is 2.33. The fourth-order valence-electron chi connectivity index (χ4n) is 0.996. The summed E-state index contributed by atoms with van der Waals surface area (Å²) in [6.45, 7) is 8.48. The van der Waals surface area contributed by atoms with Crippen molar-refractivity contribution in [1.82, 2.24) is 5.32 Å². The number of ether oxygens (including phenoxy) is 1. The highest BCUT2D eigenvalue weighted by atomic mass is 16.5. The number of carbonyl (C=O) groups is 3. The summed E-state index contributed by atoms with van der Waals surface area (Å²) in [6, 6.07) is 0. The molecule has 0 rings (SSSR count). The van der Waals surface area contributed by atoms with Gasteiger partial charge >= 0.3 is 5.97 Å². The molecule has 3 atom stereocenters. The van der Waals surface area contributed by atoms with Crippen molar-refractivity contribution < 1.29 is 19.1 Å². The van der Waals surface area contributed by atoms with E-state index in [2.05, 4.69) is 11.9 Å². The largest absolute Gasteiger partial charge is 0.461 e. The maximum Gasteiger partial charge on any atom is 0.309 e. The molecular formula is C12H19NO4. The van der Waals surface area contributed by atoms with Crippen LogP contribution in [0.5, 0.6) is 0 Å². The van der Waals surface area contributed by atoms with Crippen molar-refractivity contribution in [3.05, 3.63) is 12.7 Å². The Bertz CT molecular complexity index is 301. The van der Waals surface area contributed by atoms with Crippen LogP contribution in [0, 0.1) is 11.8 Å². The van der Waals surface area contributed by atoms with Gasteiger partial charge in [-0.1, -0.05) is 20.4 Å². The van der Waals surface area contributed by atoms with Crippen LogP contribution in [0.25, 0.3) is 0 Å². The van der Waals surface area contributed by atoms with Crippen molar-refractivity contribution in [1.29, 1.82) is 0 Å². The average molecular weight is 241 g/mol. The van der Waals surface area contributed by atoms with E-state index in [1.54, 1.807) is 20.8 Å². The molecule has 0 saturated heterocycles. The van der Waals surface area contributed by atoms with Gasteiger partial charge in [-0.2, -0.15) is 0 Å². The topological polar surface area (TPSA) is 72.5 Å². The number of rotatable bonds is 7. The van der Waals surface area contributed by atoms with Crippen molar-refractivity contribution in [2.24, 2.45) is 11.8 Å². The van der Waals surface area contributed by atoms with E-state index in [1.807, 2.05) is 0 Å². The molecule has 0 saturated carbocycles. The van der Waals surface area contributed by atoms with Crippen molar-refractivity contribution in [3.63, 3.8) is 0 Å². The number of aldehydes is 1. The first kappa shape index (κ1) is 15.3. The maximum atomic E-state index is 11.6. The van der Waals surface area contributed by atoms with Crippen molar-refractivity contribution >= 4 is 18.2 Å². The van der Waals surface area contributed by atoms with Gasteiger partial charge in [-0.3, -0.25) is 9.59 Å². The van der Waals surface area contributed by atoms with Crippen LogP contribution in [-0.2, 0) is 19.1 Å². The molecule has 0 aliphatic rings. The van der Waals surface area contributed by atoms with Crippen LogP contribution < -0.4 is 5.32 Å². The summed E-state index contributed by atoms with van der Waals surface area (Å²) in [5.41, 5.74) is 0. The molecule has 0 aromatic carbocycles. The van der Waals surface area contributed by atoms with E-state index in [4.69, 9.17) is 4.74 Å². The summed E-state index contributed by atoms with van der Waals surface area (Å²) >= 11 is 0. The zero-order valence-corrected chi connectivity index (χ0v) is 10.4. The minimum absolute atomic E-state index is 0.221. The van der Waals surface area contributed by atoms with Crippen molar-refractivity contribution in [2.75, 3.05) is 6.54 Å². The fraction of sp³-hybridized carbons (Fsp3) is 0.583. The molecule has 17 heavy (non-hydrogen) atoms. The molecule has 0 fully saturated rings. The molecule has 1 N–H and O–H groups in total. The first-order chi connectivity index (χ1) is 7.92. The summed E-state index contributed by atoms with van der Waals surface area (Å²) in [5.74, 6) is -1.62. The molecule has 0 aromatic rings. The van der Waals surface area contributed by atoms with Gasteiger partial charge in [0.2, 0.25) is 5.91 Å². The Kier molecular flexibility index (Phi) is 6.86. The highest BCUT2D eigenvalue weighted by Crippen LogP contribution is 2.11. The zero-order chi connectivity index (χ0) is 13.4. The lowest BCUT2D eigenvalue weighted by Gasteiger charge is -2.18.